The fourth-order valence-electron chi connectivity index (χ4n) is 1.18. The summed E-state index contributed by atoms with van der Waals surface area (Å²) in [7, 11) is 1.60. The molecule has 0 fully saturated rings. The average molecular weight is 280 g/mol. The maximum Gasteiger partial charge on any atom is 0.165 e. The number of benzene rings is 1. The van der Waals surface area contributed by atoms with E-state index in [4.69, 9.17) is 21.1 Å². The van der Waals surface area contributed by atoms with Crippen LogP contribution in [0.25, 0.3) is 0 Å². The van der Waals surface area contributed by atoms with Gasteiger partial charge in [0.25, 0.3) is 0 Å². The van der Waals surface area contributed by atoms with Crippen LogP contribution in [0.5, 0.6) is 11.5 Å². The van der Waals surface area contributed by atoms with Gasteiger partial charge in [0.1, 0.15) is 0 Å². The molecule has 1 rings (SSSR count). The second-order valence-corrected chi connectivity index (χ2v) is 3.66. The Bertz CT molecular complexity index is 290. The molecular formula is C10H12BrClO2. The fraction of sp³-hybridized carbons (Fsp3) is 0.400. The zero-order valence-corrected chi connectivity index (χ0v) is 10.5. The van der Waals surface area contributed by atoms with Gasteiger partial charge in [-0.2, -0.15) is 0 Å². The molecule has 2 nitrogen and oxygen atoms in total. The Labute approximate surface area is 97.3 Å². The Hall–Kier alpha value is -0.410. The number of hydrogen-bond acceptors (Lipinski definition) is 2. The lowest BCUT2D eigenvalue weighted by Crippen LogP contribution is -1.98. The standard InChI is InChI=1S/C10H12BrClO2/c1-3-14-10-7(6-11)4-8(12)5-9(10)13-2/h4-5H,3,6H2,1-2H3. The highest BCUT2D eigenvalue weighted by molar-refractivity contribution is 9.08. The second kappa shape index (κ2) is 5.47. The van der Waals surface area contributed by atoms with E-state index in [1.165, 1.54) is 0 Å². The van der Waals surface area contributed by atoms with Crippen molar-refractivity contribution in [2.45, 2.75) is 12.3 Å². The number of alkyl halides is 1. The molecule has 0 saturated carbocycles. The Balaban J connectivity index is 3.18. The van der Waals surface area contributed by atoms with Crippen molar-refractivity contribution in [2.24, 2.45) is 0 Å². The monoisotopic (exact) mass is 278 g/mol. The summed E-state index contributed by atoms with van der Waals surface area (Å²) < 4.78 is 10.7. The van der Waals surface area contributed by atoms with Gasteiger partial charge >= 0.3 is 0 Å². The predicted molar refractivity (Wildman–Crippen MR) is 61.8 cm³/mol. The number of methoxy groups -OCH3 is 1. The molecule has 78 valence electrons. The Morgan fingerprint density at radius 2 is 2.14 bits per heavy atom. The molecule has 0 bridgehead atoms. The fourth-order valence-corrected chi connectivity index (χ4v) is 1.83. The molecule has 0 aromatic heterocycles. The highest BCUT2D eigenvalue weighted by Crippen LogP contribution is 2.35. The molecular weight excluding hydrogens is 267 g/mol. The lowest BCUT2D eigenvalue weighted by atomic mass is 10.2. The third-order valence-electron chi connectivity index (χ3n) is 1.75. The van der Waals surface area contributed by atoms with Crippen LogP contribution in [0.3, 0.4) is 0 Å². The van der Waals surface area contributed by atoms with E-state index >= 15 is 0 Å². The molecule has 4 heteroatoms. The summed E-state index contributed by atoms with van der Waals surface area (Å²) in [5, 5.41) is 1.35. The zero-order valence-electron chi connectivity index (χ0n) is 8.14. The minimum Gasteiger partial charge on any atom is -0.493 e. The van der Waals surface area contributed by atoms with Crippen LogP contribution in [0.2, 0.25) is 5.02 Å². The van der Waals surface area contributed by atoms with Gasteiger partial charge in [-0.25, -0.2) is 0 Å². The van der Waals surface area contributed by atoms with E-state index in [9.17, 15) is 0 Å². The van der Waals surface area contributed by atoms with Crippen molar-refractivity contribution in [3.8, 4) is 11.5 Å². The highest BCUT2D eigenvalue weighted by Gasteiger charge is 2.11. The third-order valence-corrected chi connectivity index (χ3v) is 2.57. The van der Waals surface area contributed by atoms with E-state index in [0.29, 0.717) is 22.7 Å². The Morgan fingerprint density at radius 1 is 1.43 bits per heavy atom. The van der Waals surface area contributed by atoms with Crippen molar-refractivity contribution in [1.29, 1.82) is 0 Å². The maximum absolute atomic E-state index is 5.92. The van der Waals surface area contributed by atoms with Crippen LogP contribution < -0.4 is 9.47 Å². The summed E-state index contributed by atoms with van der Waals surface area (Å²) >= 11 is 9.30. The molecule has 1 aromatic carbocycles. The van der Waals surface area contributed by atoms with Gasteiger partial charge in [0.05, 0.1) is 13.7 Å². The topological polar surface area (TPSA) is 18.5 Å². The third kappa shape index (κ3) is 2.55. The van der Waals surface area contributed by atoms with Crippen molar-refractivity contribution >= 4 is 27.5 Å². The largest absolute Gasteiger partial charge is 0.493 e. The average Bonchev–Trinajstić information content (AvgIpc) is 2.20. The number of ether oxygens (including phenoxy) is 2. The molecule has 0 heterocycles. The zero-order chi connectivity index (χ0) is 10.6. The quantitative estimate of drug-likeness (QED) is 0.783. The van der Waals surface area contributed by atoms with Gasteiger partial charge in [-0.1, -0.05) is 27.5 Å². The summed E-state index contributed by atoms with van der Waals surface area (Å²) in [6, 6.07) is 3.61. The summed E-state index contributed by atoms with van der Waals surface area (Å²) in [5.74, 6) is 1.44. The molecule has 1 aromatic rings. The van der Waals surface area contributed by atoms with Gasteiger partial charge in [-0.15, -0.1) is 0 Å². The Kier molecular flexibility index (Phi) is 4.55. The van der Waals surface area contributed by atoms with Crippen LogP contribution in [0.1, 0.15) is 12.5 Å². The molecule has 0 saturated heterocycles. The van der Waals surface area contributed by atoms with Crippen LogP contribution >= 0.6 is 27.5 Å². The first-order valence-electron chi connectivity index (χ1n) is 4.28. The molecule has 0 aliphatic heterocycles. The first-order valence-corrected chi connectivity index (χ1v) is 5.78. The van der Waals surface area contributed by atoms with Gasteiger partial charge in [0.2, 0.25) is 0 Å². The van der Waals surface area contributed by atoms with Crippen LogP contribution in [0.4, 0.5) is 0 Å². The van der Waals surface area contributed by atoms with Crippen LogP contribution in [0, 0.1) is 0 Å². The van der Waals surface area contributed by atoms with E-state index < -0.39 is 0 Å². The number of hydrogen-bond donors (Lipinski definition) is 0. The van der Waals surface area contributed by atoms with E-state index in [1.807, 2.05) is 13.0 Å². The molecule has 0 aliphatic rings. The molecule has 0 amide bonds. The normalized spacial score (nSPS) is 10.0. The highest BCUT2D eigenvalue weighted by atomic mass is 79.9. The van der Waals surface area contributed by atoms with E-state index in [2.05, 4.69) is 15.9 Å². The van der Waals surface area contributed by atoms with Crippen molar-refractivity contribution < 1.29 is 9.47 Å². The van der Waals surface area contributed by atoms with Crippen molar-refractivity contribution in [3.63, 3.8) is 0 Å². The van der Waals surface area contributed by atoms with E-state index in [1.54, 1.807) is 13.2 Å². The van der Waals surface area contributed by atoms with Crippen LogP contribution in [-0.2, 0) is 5.33 Å². The van der Waals surface area contributed by atoms with Gasteiger partial charge in [-0.05, 0) is 13.0 Å². The van der Waals surface area contributed by atoms with E-state index in [-0.39, 0.29) is 0 Å². The molecule has 0 radical (unpaired) electrons. The Morgan fingerprint density at radius 3 is 2.64 bits per heavy atom. The molecule has 0 atom stereocenters. The first-order chi connectivity index (χ1) is 6.72. The van der Waals surface area contributed by atoms with Gasteiger partial charge in [-0.3, -0.25) is 0 Å². The summed E-state index contributed by atoms with van der Waals surface area (Å²) in [6.07, 6.45) is 0. The number of halogens is 2. The van der Waals surface area contributed by atoms with Gasteiger partial charge < -0.3 is 9.47 Å². The SMILES string of the molecule is CCOc1c(CBr)cc(Cl)cc1OC. The smallest absolute Gasteiger partial charge is 0.165 e. The predicted octanol–water partition coefficient (Wildman–Crippen LogP) is 3.64. The minimum atomic E-state index is 0.609. The van der Waals surface area contributed by atoms with Crippen molar-refractivity contribution in [3.05, 3.63) is 22.7 Å². The van der Waals surface area contributed by atoms with Gasteiger partial charge in [0, 0.05) is 22.0 Å². The number of rotatable bonds is 4. The maximum atomic E-state index is 5.92. The lowest BCUT2D eigenvalue weighted by molar-refractivity contribution is 0.308. The summed E-state index contributed by atoms with van der Waals surface area (Å²) in [4.78, 5) is 0. The molecule has 0 unspecified atom stereocenters. The molecule has 0 aliphatic carbocycles. The van der Waals surface area contributed by atoms with Crippen LogP contribution in [-0.4, -0.2) is 13.7 Å². The molecule has 0 spiro atoms. The molecule has 0 N–H and O–H groups in total. The van der Waals surface area contributed by atoms with Gasteiger partial charge in [0.15, 0.2) is 11.5 Å². The minimum absolute atomic E-state index is 0.609. The van der Waals surface area contributed by atoms with E-state index in [0.717, 1.165) is 11.3 Å². The molecule has 14 heavy (non-hydrogen) atoms. The van der Waals surface area contributed by atoms with Crippen LogP contribution in [0.15, 0.2) is 12.1 Å². The lowest BCUT2D eigenvalue weighted by Gasteiger charge is -2.13. The second-order valence-electron chi connectivity index (χ2n) is 2.66. The summed E-state index contributed by atoms with van der Waals surface area (Å²) in [6.45, 7) is 2.55. The van der Waals surface area contributed by atoms with Crippen molar-refractivity contribution in [2.75, 3.05) is 13.7 Å². The first kappa shape index (κ1) is 11.7. The van der Waals surface area contributed by atoms with Crippen molar-refractivity contribution in [1.82, 2.24) is 0 Å². The summed E-state index contributed by atoms with van der Waals surface area (Å²) in [5.41, 5.74) is 0.996.